The van der Waals surface area contributed by atoms with Crippen LogP contribution in [0.5, 0.6) is 5.75 Å². The van der Waals surface area contributed by atoms with Crippen molar-refractivity contribution >= 4 is 11.8 Å². The van der Waals surface area contributed by atoms with E-state index in [2.05, 4.69) is 17.1 Å². The highest BCUT2D eigenvalue weighted by atomic mass is 32.2. The van der Waals surface area contributed by atoms with Gasteiger partial charge in [-0.2, -0.15) is 0 Å². The summed E-state index contributed by atoms with van der Waals surface area (Å²) in [6.45, 7) is 5.45. The lowest BCUT2D eigenvalue weighted by Gasteiger charge is -2.07. The number of aryl methyl sites for hydroxylation is 1. The molecule has 0 atom stereocenters. The Balaban J connectivity index is 1.82. The van der Waals surface area contributed by atoms with Crippen LogP contribution in [-0.2, 0) is 6.54 Å². The molecular formula is C15H21N3O2S. The van der Waals surface area contributed by atoms with Crippen molar-refractivity contribution in [2.45, 2.75) is 38.4 Å². The molecule has 1 aromatic heterocycles. The minimum atomic E-state index is -0.134. The van der Waals surface area contributed by atoms with E-state index < -0.39 is 0 Å². The van der Waals surface area contributed by atoms with Gasteiger partial charge >= 0.3 is 5.69 Å². The van der Waals surface area contributed by atoms with Crippen molar-refractivity contribution in [3.63, 3.8) is 0 Å². The molecule has 0 aliphatic carbocycles. The van der Waals surface area contributed by atoms with Gasteiger partial charge in [0.25, 0.3) is 0 Å². The summed E-state index contributed by atoms with van der Waals surface area (Å²) in [5, 5.41) is 7.31. The molecule has 1 aromatic carbocycles. The van der Waals surface area contributed by atoms with Crippen LogP contribution in [0.2, 0.25) is 0 Å². The summed E-state index contributed by atoms with van der Waals surface area (Å²) in [6.07, 6.45) is 2.03. The quantitative estimate of drug-likeness (QED) is 0.602. The molecule has 0 aliphatic rings. The lowest BCUT2D eigenvalue weighted by atomic mass is 10.2. The number of ether oxygens (including phenoxy) is 1. The van der Waals surface area contributed by atoms with Gasteiger partial charge in [-0.05, 0) is 31.0 Å². The van der Waals surface area contributed by atoms with Crippen LogP contribution in [0.3, 0.4) is 0 Å². The van der Waals surface area contributed by atoms with Gasteiger partial charge in [0.15, 0.2) is 5.16 Å². The van der Waals surface area contributed by atoms with Crippen molar-refractivity contribution in [3.05, 3.63) is 40.3 Å². The van der Waals surface area contributed by atoms with E-state index in [4.69, 9.17) is 4.74 Å². The Hall–Kier alpha value is -1.69. The Kier molecular flexibility index (Phi) is 5.92. The van der Waals surface area contributed by atoms with Crippen molar-refractivity contribution < 1.29 is 4.74 Å². The summed E-state index contributed by atoms with van der Waals surface area (Å²) in [5.74, 6) is 1.63. The smallest absolute Gasteiger partial charge is 0.343 e. The maximum Gasteiger partial charge on any atom is 0.343 e. The normalized spacial score (nSPS) is 10.8. The molecule has 0 saturated carbocycles. The van der Waals surface area contributed by atoms with Crippen molar-refractivity contribution in [2.75, 3.05) is 12.4 Å². The number of benzene rings is 1. The van der Waals surface area contributed by atoms with Crippen LogP contribution in [-0.4, -0.2) is 27.1 Å². The van der Waals surface area contributed by atoms with Crippen molar-refractivity contribution in [1.29, 1.82) is 0 Å². The number of aromatic amines is 1. The van der Waals surface area contributed by atoms with Gasteiger partial charge in [0, 0.05) is 12.3 Å². The van der Waals surface area contributed by atoms with Crippen LogP contribution in [0.15, 0.2) is 34.2 Å². The molecule has 0 radical (unpaired) electrons. The van der Waals surface area contributed by atoms with Crippen LogP contribution in [0, 0.1) is 6.92 Å². The predicted octanol–water partition coefficient (Wildman–Crippen LogP) is 2.85. The maximum absolute atomic E-state index is 11.6. The summed E-state index contributed by atoms with van der Waals surface area (Å²) < 4.78 is 7.39. The Morgan fingerprint density at radius 3 is 3.05 bits per heavy atom. The van der Waals surface area contributed by atoms with Crippen LogP contribution < -0.4 is 10.4 Å². The van der Waals surface area contributed by atoms with Crippen molar-refractivity contribution in [2.24, 2.45) is 0 Å². The highest BCUT2D eigenvalue weighted by Crippen LogP contribution is 2.16. The van der Waals surface area contributed by atoms with E-state index in [1.165, 1.54) is 17.3 Å². The largest absolute Gasteiger partial charge is 0.493 e. The zero-order chi connectivity index (χ0) is 15.1. The average molecular weight is 307 g/mol. The number of thioether (sulfide) groups is 1. The minimum absolute atomic E-state index is 0.134. The molecule has 0 aliphatic heterocycles. The van der Waals surface area contributed by atoms with Gasteiger partial charge in [-0.15, -0.1) is 5.10 Å². The van der Waals surface area contributed by atoms with E-state index in [0.29, 0.717) is 13.2 Å². The molecule has 0 spiro atoms. The molecule has 0 bridgehead atoms. The van der Waals surface area contributed by atoms with Gasteiger partial charge in [0.05, 0.1) is 6.61 Å². The molecular weight excluding hydrogens is 286 g/mol. The number of rotatable bonds is 8. The van der Waals surface area contributed by atoms with E-state index >= 15 is 0 Å². The van der Waals surface area contributed by atoms with E-state index in [-0.39, 0.29) is 5.69 Å². The Bertz CT molecular complexity index is 621. The standard InChI is InChI=1S/C15H21N3O2S/c1-3-4-8-18-14(19)16-17-15(18)21-10-9-20-13-7-5-6-12(2)11-13/h5-7,11H,3-4,8-10H2,1-2H3,(H,16,19). The maximum atomic E-state index is 11.6. The van der Waals surface area contributed by atoms with Gasteiger partial charge in [0.1, 0.15) is 5.75 Å². The molecule has 21 heavy (non-hydrogen) atoms. The summed E-state index contributed by atoms with van der Waals surface area (Å²) in [7, 11) is 0. The first-order valence-corrected chi connectivity index (χ1v) is 8.16. The summed E-state index contributed by atoms with van der Waals surface area (Å²) in [5.41, 5.74) is 1.05. The molecule has 2 rings (SSSR count). The monoisotopic (exact) mass is 307 g/mol. The van der Waals surface area contributed by atoms with Crippen LogP contribution in [0.4, 0.5) is 0 Å². The number of hydrogen-bond donors (Lipinski definition) is 1. The molecule has 0 unspecified atom stereocenters. The lowest BCUT2D eigenvalue weighted by molar-refractivity contribution is 0.343. The second-order valence-corrected chi connectivity index (χ2v) is 5.89. The van der Waals surface area contributed by atoms with E-state index in [1.807, 2.05) is 31.2 Å². The second-order valence-electron chi connectivity index (χ2n) is 4.83. The van der Waals surface area contributed by atoms with Crippen molar-refractivity contribution in [3.8, 4) is 5.75 Å². The fraction of sp³-hybridized carbons (Fsp3) is 0.467. The minimum Gasteiger partial charge on any atom is -0.493 e. The zero-order valence-corrected chi connectivity index (χ0v) is 13.3. The van der Waals surface area contributed by atoms with Gasteiger partial charge in [-0.1, -0.05) is 37.2 Å². The Morgan fingerprint density at radius 1 is 1.43 bits per heavy atom. The molecule has 1 N–H and O–H groups in total. The number of hydrogen-bond acceptors (Lipinski definition) is 4. The fourth-order valence-corrected chi connectivity index (χ4v) is 2.71. The van der Waals surface area contributed by atoms with Crippen LogP contribution in [0.1, 0.15) is 25.3 Å². The first-order chi connectivity index (χ1) is 10.2. The first kappa shape index (κ1) is 15.7. The topological polar surface area (TPSA) is 59.9 Å². The molecule has 6 heteroatoms. The number of nitrogens with zero attached hydrogens (tertiary/aromatic N) is 2. The molecule has 0 saturated heterocycles. The van der Waals surface area contributed by atoms with Crippen LogP contribution in [0.25, 0.3) is 0 Å². The predicted molar refractivity (Wildman–Crippen MR) is 85.2 cm³/mol. The number of aromatic nitrogens is 3. The Labute approximate surface area is 128 Å². The second kappa shape index (κ2) is 7.93. The lowest BCUT2D eigenvalue weighted by Crippen LogP contribution is -2.17. The SMILES string of the molecule is CCCCn1c(SCCOc2cccc(C)c2)n[nH]c1=O. The molecule has 1 heterocycles. The van der Waals surface area contributed by atoms with E-state index in [0.717, 1.165) is 29.5 Å². The molecule has 114 valence electrons. The van der Waals surface area contributed by atoms with Gasteiger partial charge in [-0.3, -0.25) is 4.57 Å². The molecule has 2 aromatic rings. The molecule has 0 fully saturated rings. The van der Waals surface area contributed by atoms with Crippen molar-refractivity contribution in [1.82, 2.24) is 14.8 Å². The number of H-pyrrole nitrogens is 1. The summed E-state index contributed by atoms with van der Waals surface area (Å²) >= 11 is 1.54. The third-order valence-electron chi connectivity index (χ3n) is 3.03. The first-order valence-electron chi connectivity index (χ1n) is 7.18. The highest BCUT2D eigenvalue weighted by molar-refractivity contribution is 7.99. The zero-order valence-electron chi connectivity index (χ0n) is 12.5. The average Bonchev–Trinajstić information content (AvgIpc) is 2.82. The number of nitrogens with one attached hydrogen (secondary N) is 1. The number of unbranched alkanes of at least 4 members (excludes halogenated alkanes) is 1. The van der Waals surface area contributed by atoms with E-state index in [9.17, 15) is 4.79 Å². The third kappa shape index (κ3) is 4.67. The Morgan fingerprint density at radius 2 is 2.29 bits per heavy atom. The highest BCUT2D eigenvalue weighted by Gasteiger charge is 2.08. The third-order valence-corrected chi connectivity index (χ3v) is 3.97. The molecule has 0 amide bonds. The summed E-state index contributed by atoms with van der Waals surface area (Å²) in [6, 6.07) is 7.98. The van der Waals surface area contributed by atoms with Crippen LogP contribution >= 0.6 is 11.8 Å². The van der Waals surface area contributed by atoms with Gasteiger partial charge in [0.2, 0.25) is 0 Å². The van der Waals surface area contributed by atoms with Gasteiger partial charge in [-0.25, -0.2) is 9.89 Å². The molecule has 5 nitrogen and oxygen atoms in total. The van der Waals surface area contributed by atoms with E-state index in [1.54, 1.807) is 4.57 Å². The van der Waals surface area contributed by atoms with Gasteiger partial charge < -0.3 is 4.74 Å². The fourth-order valence-electron chi connectivity index (χ4n) is 1.92. The summed E-state index contributed by atoms with van der Waals surface area (Å²) in [4.78, 5) is 11.6.